The Morgan fingerprint density at radius 2 is 1.79 bits per heavy atom. The second-order valence-electron chi connectivity index (χ2n) is 7.17. The lowest BCUT2D eigenvalue weighted by molar-refractivity contribution is -0.130. The molecule has 2 aliphatic rings. The highest BCUT2D eigenvalue weighted by Gasteiger charge is 2.30. The molecular formula is C23H21N3O3. The SMILES string of the molecule is C[C@H](NC(=O)OCC1c2ccccc2-c2ccccc21)C(=O)N1CCC=C1C#N. The van der Waals surface area contributed by atoms with Gasteiger partial charge in [0.05, 0.1) is 0 Å². The molecule has 1 aliphatic heterocycles. The molecule has 1 N–H and O–H groups in total. The van der Waals surface area contributed by atoms with Gasteiger partial charge in [0.15, 0.2) is 0 Å². The van der Waals surface area contributed by atoms with Gasteiger partial charge >= 0.3 is 6.09 Å². The van der Waals surface area contributed by atoms with Crippen molar-refractivity contribution < 1.29 is 14.3 Å². The summed E-state index contributed by atoms with van der Waals surface area (Å²) in [5.74, 6) is -0.352. The van der Waals surface area contributed by atoms with E-state index in [1.54, 1.807) is 13.0 Å². The summed E-state index contributed by atoms with van der Waals surface area (Å²) < 4.78 is 5.48. The first-order valence-corrected chi connectivity index (χ1v) is 9.63. The molecule has 1 aliphatic carbocycles. The average molecular weight is 387 g/mol. The van der Waals surface area contributed by atoms with Gasteiger partial charge < -0.3 is 15.0 Å². The summed E-state index contributed by atoms with van der Waals surface area (Å²) in [6, 6.07) is 17.4. The van der Waals surface area contributed by atoms with Gasteiger partial charge in [-0.3, -0.25) is 4.79 Å². The fraction of sp³-hybridized carbons (Fsp3) is 0.261. The number of nitrogens with one attached hydrogen (secondary N) is 1. The second-order valence-corrected chi connectivity index (χ2v) is 7.17. The molecule has 2 amide bonds. The monoisotopic (exact) mass is 387 g/mol. The highest BCUT2D eigenvalue weighted by Crippen LogP contribution is 2.44. The van der Waals surface area contributed by atoms with E-state index in [1.807, 2.05) is 30.3 Å². The minimum atomic E-state index is -0.777. The Balaban J connectivity index is 1.40. The molecule has 146 valence electrons. The number of benzene rings is 2. The summed E-state index contributed by atoms with van der Waals surface area (Å²) in [4.78, 5) is 26.2. The van der Waals surface area contributed by atoms with Crippen molar-refractivity contribution in [2.45, 2.75) is 25.3 Å². The summed E-state index contributed by atoms with van der Waals surface area (Å²) in [7, 11) is 0. The van der Waals surface area contributed by atoms with E-state index in [2.05, 4.69) is 29.6 Å². The normalized spacial score (nSPS) is 15.7. The molecule has 6 nitrogen and oxygen atoms in total. The molecule has 2 aromatic carbocycles. The number of hydrogen-bond acceptors (Lipinski definition) is 4. The standard InChI is InChI=1S/C23H21N3O3/c1-15(22(27)26-12-6-7-16(26)13-24)25-23(28)29-14-21-19-10-4-2-8-17(19)18-9-3-5-11-20(18)21/h2-5,7-11,15,21H,6,12,14H2,1H3,(H,25,28)/t15-/m0/s1. The van der Waals surface area contributed by atoms with Gasteiger partial charge in [-0.2, -0.15) is 5.26 Å². The van der Waals surface area contributed by atoms with Crippen LogP contribution in [0.15, 0.2) is 60.3 Å². The zero-order chi connectivity index (χ0) is 20.4. The van der Waals surface area contributed by atoms with E-state index in [0.717, 1.165) is 22.3 Å². The zero-order valence-electron chi connectivity index (χ0n) is 16.1. The molecule has 0 radical (unpaired) electrons. The highest BCUT2D eigenvalue weighted by atomic mass is 16.5. The molecular weight excluding hydrogens is 366 g/mol. The van der Waals surface area contributed by atoms with Crippen molar-refractivity contribution in [3.8, 4) is 17.2 Å². The quantitative estimate of drug-likeness (QED) is 0.870. The van der Waals surface area contributed by atoms with E-state index in [0.29, 0.717) is 18.7 Å². The van der Waals surface area contributed by atoms with Crippen LogP contribution in [0.4, 0.5) is 4.79 Å². The Morgan fingerprint density at radius 3 is 2.41 bits per heavy atom. The van der Waals surface area contributed by atoms with Gasteiger partial charge in [-0.1, -0.05) is 48.5 Å². The Morgan fingerprint density at radius 1 is 1.17 bits per heavy atom. The third kappa shape index (κ3) is 3.47. The topological polar surface area (TPSA) is 82.4 Å². The number of amides is 2. The number of fused-ring (bicyclic) bond motifs is 3. The number of allylic oxidation sites excluding steroid dienone is 1. The number of hydrogen-bond donors (Lipinski definition) is 1. The number of carbonyl (C=O) groups is 2. The first kappa shape index (κ1) is 18.8. The lowest BCUT2D eigenvalue weighted by Crippen LogP contribution is -2.46. The predicted molar refractivity (Wildman–Crippen MR) is 108 cm³/mol. The zero-order valence-corrected chi connectivity index (χ0v) is 16.1. The molecule has 0 saturated heterocycles. The lowest BCUT2D eigenvalue weighted by atomic mass is 9.98. The molecule has 29 heavy (non-hydrogen) atoms. The van der Waals surface area contributed by atoms with Gasteiger partial charge in [-0.15, -0.1) is 0 Å². The van der Waals surface area contributed by atoms with E-state index in [9.17, 15) is 9.59 Å². The molecule has 0 bridgehead atoms. The molecule has 1 heterocycles. The average Bonchev–Trinajstić information content (AvgIpc) is 3.34. The van der Waals surface area contributed by atoms with Crippen LogP contribution in [0.3, 0.4) is 0 Å². The summed E-state index contributed by atoms with van der Waals surface area (Å²) in [5, 5.41) is 11.7. The third-order valence-electron chi connectivity index (χ3n) is 5.41. The second kappa shape index (κ2) is 7.80. The van der Waals surface area contributed by atoms with Gasteiger partial charge in [-0.05, 0) is 41.7 Å². The van der Waals surface area contributed by atoms with Gasteiger partial charge in [0.2, 0.25) is 5.91 Å². The molecule has 0 unspecified atom stereocenters. The van der Waals surface area contributed by atoms with Crippen molar-refractivity contribution in [3.05, 3.63) is 71.4 Å². The molecule has 1 atom stereocenters. The largest absolute Gasteiger partial charge is 0.449 e. The maximum absolute atomic E-state index is 12.5. The number of ether oxygens (including phenoxy) is 1. The Labute approximate surface area is 169 Å². The third-order valence-corrected chi connectivity index (χ3v) is 5.41. The Hall–Kier alpha value is -3.59. The highest BCUT2D eigenvalue weighted by molar-refractivity contribution is 5.87. The summed E-state index contributed by atoms with van der Waals surface area (Å²) in [6.07, 6.45) is 1.72. The fourth-order valence-corrected chi connectivity index (χ4v) is 4.01. The predicted octanol–water partition coefficient (Wildman–Crippen LogP) is 3.55. The van der Waals surface area contributed by atoms with Gasteiger partial charge in [0, 0.05) is 12.5 Å². The lowest BCUT2D eigenvalue weighted by Gasteiger charge is -2.22. The van der Waals surface area contributed by atoms with E-state index < -0.39 is 12.1 Å². The Bertz CT molecular complexity index is 992. The van der Waals surface area contributed by atoms with E-state index in [1.165, 1.54) is 4.90 Å². The number of rotatable bonds is 4. The summed E-state index contributed by atoms with van der Waals surface area (Å²) in [5.41, 5.74) is 4.91. The first-order valence-electron chi connectivity index (χ1n) is 9.63. The molecule has 6 heteroatoms. The van der Waals surface area contributed by atoms with Gasteiger partial charge in [-0.25, -0.2) is 4.79 Å². The van der Waals surface area contributed by atoms with Crippen molar-refractivity contribution in [2.24, 2.45) is 0 Å². The molecule has 4 rings (SSSR count). The van der Waals surface area contributed by atoms with Crippen molar-refractivity contribution >= 4 is 12.0 Å². The van der Waals surface area contributed by atoms with Crippen LogP contribution in [0.25, 0.3) is 11.1 Å². The van der Waals surface area contributed by atoms with Crippen molar-refractivity contribution in [1.29, 1.82) is 5.26 Å². The van der Waals surface area contributed by atoms with Crippen LogP contribution in [-0.4, -0.2) is 36.1 Å². The molecule has 0 saturated carbocycles. The van der Waals surface area contributed by atoms with Gasteiger partial charge in [0.1, 0.15) is 24.4 Å². The Kier molecular flexibility index (Phi) is 5.05. The smallest absolute Gasteiger partial charge is 0.407 e. The van der Waals surface area contributed by atoms with Crippen molar-refractivity contribution in [2.75, 3.05) is 13.2 Å². The van der Waals surface area contributed by atoms with Crippen LogP contribution >= 0.6 is 0 Å². The van der Waals surface area contributed by atoms with Crippen LogP contribution in [-0.2, 0) is 9.53 Å². The molecule has 0 aromatic heterocycles. The number of carbonyl (C=O) groups excluding carboxylic acids is 2. The minimum Gasteiger partial charge on any atom is -0.449 e. The summed E-state index contributed by atoms with van der Waals surface area (Å²) >= 11 is 0. The van der Waals surface area contributed by atoms with Crippen molar-refractivity contribution in [3.63, 3.8) is 0 Å². The van der Waals surface area contributed by atoms with Crippen LogP contribution < -0.4 is 5.32 Å². The number of nitrogens with zero attached hydrogens (tertiary/aromatic N) is 2. The van der Waals surface area contributed by atoms with Crippen LogP contribution in [0.2, 0.25) is 0 Å². The van der Waals surface area contributed by atoms with Crippen LogP contribution in [0, 0.1) is 11.3 Å². The maximum atomic E-state index is 12.5. The molecule has 0 spiro atoms. The van der Waals surface area contributed by atoms with E-state index in [4.69, 9.17) is 10.00 Å². The number of alkyl carbamates (subject to hydrolysis) is 1. The van der Waals surface area contributed by atoms with Crippen LogP contribution in [0.5, 0.6) is 0 Å². The minimum absolute atomic E-state index is 0.0362. The maximum Gasteiger partial charge on any atom is 0.407 e. The molecule has 2 aromatic rings. The molecule has 0 fully saturated rings. The van der Waals surface area contributed by atoms with Gasteiger partial charge in [0.25, 0.3) is 0 Å². The first-order chi connectivity index (χ1) is 14.1. The summed E-state index contributed by atoms with van der Waals surface area (Å²) in [6.45, 7) is 2.24. The number of nitriles is 1. The fourth-order valence-electron chi connectivity index (χ4n) is 4.01. The van der Waals surface area contributed by atoms with Crippen LogP contribution in [0.1, 0.15) is 30.4 Å². The van der Waals surface area contributed by atoms with Crippen molar-refractivity contribution in [1.82, 2.24) is 10.2 Å². The van der Waals surface area contributed by atoms with E-state index >= 15 is 0 Å². The van der Waals surface area contributed by atoms with E-state index in [-0.39, 0.29) is 18.4 Å².